The number of unbranched alkanes of at least 4 members (excludes halogenated alkanes) is 1. The predicted molar refractivity (Wildman–Crippen MR) is 156 cm³/mol. The Balaban J connectivity index is 1.10. The second-order valence-corrected chi connectivity index (χ2v) is 11.2. The number of carbonyl (C=O) groups excluding carboxylic acids is 5. The molecule has 1 saturated heterocycles. The van der Waals surface area contributed by atoms with E-state index in [4.69, 9.17) is 9.47 Å². The summed E-state index contributed by atoms with van der Waals surface area (Å²) in [6, 6.07) is 20.8. The Morgan fingerprint density at radius 1 is 0.791 bits per heavy atom. The molecule has 7 rings (SSSR count). The average molecular weight is 581 g/mol. The first-order chi connectivity index (χ1) is 20.8. The van der Waals surface area contributed by atoms with Crippen molar-refractivity contribution in [2.45, 2.75) is 44.6 Å². The van der Waals surface area contributed by atoms with Gasteiger partial charge in [-0.3, -0.25) is 19.3 Å². The highest BCUT2D eigenvalue weighted by molar-refractivity contribution is 6.10. The molecule has 0 radical (unpaired) electrons. The van der Waals surface area contributed by atoms with Crippen LogP contribution < -0.4 is 5.32 Å². The number of hydrogen-bond donors (Lipinski definition) is 1. The summed E-state index contributed by atoms with van der Waals surface area (Å²) in [6.45, 7) is 3.20. The van der Waals surface area contributed by atoms with Gasteiger partial charge in [0.05, 0.1) is 24.0 Å². The molecule has 0 unspecified atom stereocenters. The average Bonchev–Trinajstić information content (AvgIpc) is 3.29. The van der Waals surface area contributed by atoms with E-state index in [0.29, 0.717) is 17.9 Å². The molecular weight excluding hydrogens is 548 g/mol. The van der Waals surface area contributed by atoms with Gasteiger partial charge in [0.15, 0.2) is 6.61 Å². The van der Waals surface area contributed by atoms with Crippen LogP contribution in [0.1, 0.15) is 71.1 Å². The zero-order valence-electron chi connectivity index (χ0n) is 23.9. The van der Waals surface area contributed by atoms with Crippen molar-refractivity contribution in [2.24, 2.45) is 11.8 Å². The van der Waals surface area contributed by atoms with Crippen LogP contribution in [0, 0.1) is 11.8 Å². The Bertz CT molecular complexity index is 1500. The molecule has 1 fully saturated rings. The van der Waals surface area contributed by atoms with E-state index < -0.39 is 54.1 Å². The maximum absolute atomic E-state index is 13.8. The molecule has 3 amide bonds. The van der Waals surface area contributed by atoms with Gasteiger partial charge in [0.2, 0.25) is 11.8 Å². The summed E-state index contributed by atoms with van der Waals surface area (Å²) < 4.78 is 10.4. The maximum Gasteiger partial charge on any atom is 0.338 e. The molecule has 220 valence electrons. The van der Waals surface area contributed by atoms with Crippen molar-refractivity contribution in [2.75, 3.05) is 18.5 Å². The second-order valence-electron chi connectivity index (χ2n) is 11.2. The third-order valence-electron chi connectivity index (χ3n) is 8.69. The highest BCUT2D eigenvalue weighted by atomic mass is 16.5. The fraction of sp³-hybridized carbons (Fsp3) is 0.324. The lowest BCUT2D eigenvalue weighted by atomic mass is 9.55. The Kier molecular flexibility index (Phi) is 7.56. The van der Waals surface area contributed by atoms with Crippen LogP contribution in [0.25, 0.3) is 0 Å². The quantitative estimate of drug-likeness (QED) is 0.226. The minimum atomic E-state index is -1.19. The summed E-state index contributed by atoms with van der Waals surface area (Å²) in [6.07, 6.45) is 1.69. The molecule has 4 aliphatic rings. The lowest BCUT2D eigenvalue weighted by Crippen LogP contribution is -2.45. The van der Waals surface area contributed by atoms with Gasteiger partial charge in [0, 0.05) is 17.5 Å². The zero-order valence-corrected chi connectivity index (χ0v) is 23.9. The minimum Gasteiger partial charge on any atom is -0.462 e. The van der Waals surface area contributed by atoms with E-state index in [1.54, 1.807) is 12.1 Å². The van der Waals surface area contributed by atoms with Crippen molar-refractivity contribution in [1.29, 1.82) is 0 Å². The number of benzene rings is 3. The largest absolute Gasteiger partial charge is 0.462 e. The van der Waals surface area contributed by atoms with Crippen molar-refractivity contribution >= 4 is 35.3 Å². The lowest BCUT2D eigenvalue weighted by molar-refractivity contribution is -0.159. The fourth-order valence-electron chi connectivity index (χ4n) is 6.72. The Morgan fingerprint density at radius 2 is 1.30 bits per heavy atom. The van der Waals surface area contributed by atoms with Gasteiger partial charge in [0.1, 0.15) is 6.04 Å². The van der Waals surface area contributed by atoms with E-state index in [9.17, 15) is 24.0 Å². The van der Waals surface area contributed by atoms with E-state index in [1.165, 1.54) is 19.1 Å². The number of carbonyl (C=O) groups is 5. The highest BCUT2D eigenvalue weighted by Gasteiger charge is 2.62. The molecule has 3 aromatic rings. The highest BCUT2D eigenvalue weighted by Crippen LogP contribution is 2.61. The van der Waals surface area contributed by atoms with E-state index in [1.807, 2.05) is 55.5 Å². The summed E-state index contributed by atoms with van der Waals surface area (Å²) in [5.74, 6) is -4.43. The molecule has 3 aromatic carbocycles. The van der Waals surface area contributed by atoms with E-state index in [2.05, 4.69) is 5.32 Å². The molecule has 1 aliphatic heterocycles. The molecule has 0 spiro atoms. The van der Waals surface area contributed by atoms with E-state index in [0.717, 1.165) is 40.0 Å². The Hall–Kier alpha value is -4.79. The van der Waals surface area contributed by atoms with E-state index in [-0.39, 0.29) is 11.8 Å². The third kappa shape index (κ3) is 4.88. The van der Waals surface area contributed by atoms with E-state index >= 15 is 0 Å². The minimum absolute atomic E-state index is 0.276. The van der Waals surface area contributed by atoms with Gasteiger partial charge in [-0.25, -0.2) is 9.59 Å². The van der Waals surface area contributed by atoms with Crippen molar-refractivity contribution in [3.63, 3.8) is 0 Å². The summed E-state index contributed by atoms with van der Waals surface area (Å²) in [5.41, 5.74) is 4.94. The van der Waals surface area contributed by atoms with Gasteiger partial charge in [-0.15, -0.1) is 0 Å². The number of anilines is 1. The van der Waals surface area contributed by atoms with Gasteiger partial charge >= 0.3 is 11.9 Å². The molecule has 9 nitrogen and oxygen atoms in total. The van der Waals surface area contributed by atoms with Crippen molar-refractivity contribution in [3.8, 4) is 0 Å². The number of rotatable bonds is 9. The summed E-state index contributed by atoms with van der Waals surface area (Å²) in [5, 5.41) is 2.61. The number of esters is 2. The molecule has 9 heteroatoms. The predicted octanol–water partition coefficient (Wildman–Crippen LogP) is 4.41. The molecule has 3 atom stereocenters. The smallest absolute Gasteiger partial charge is 0.338 e. The van der Waals surface area contributed by atoms with Gasteiger partial charge in [-0.05, 0) is 59.9 Å². The number of nitrogens with one attached hydrogen (secondary N) is 1. The molecule has 1 N–H and O–H groups in total. The van der Waals surface area contributed by atoms with Crippen LogP contribution in [0.2, 0.25) is 0 Å². The summed E-state index contributed by atoms with van der Waals surface area (Å²) >= 11 is 0. The van der Waals surface area contributed by atoms with Gasteiger partial charge in [-0.2, -0.15) is 0 Å². The SMILES string of the molecule is CCCCOC(=O)c1ccc(NC(=O)COC(=O)[C@H](C)N2C(=O)[C@H]3C4c5ccccc5C(c5ccccc54)[C@@H]3C2=O)cc1. The second kappa shape index (κ2) is 11.5. The van der Waals surface area contributed by atoms with Crippen LogP contribution >= 0.6 is 0 Å². The number of ether oxygens (including phenoxy) is 2. The lowest BCUT2D eigenvalue weighted by Gasteiger charge is -2.45. The van der Waals surface area contributed by atoms with Crippen LogP contribution in [0.5, 0.6) is 0 Å². The topological polar surface area (TPSA) is 119 Å². The number of hydrogen-bond acceptors (Lipinski definition) is 7. The van der Waals surface area contributed by atoms with Crippen LogP contribution in [0.4, 0.5) is 5.69 Å². The molecule has 0 saturated carbocycles. The van der Waals surface area contributed by atoms with Crippen LogP contribution in [0.15, 0.2) is 72.8 Å². The summed E-state index contributed by atoms with van der Waals surface area (Å²) in [7, 11) is 0. The number of nitrogens with zero attached hydrogens (tertiary/aromatic N) is 1. The molecule has 43 heavy (non-hydrogen) atoms. The standard InChI is InChI=1S/C34H32N2O7/c1-3-4-17-42-34(41)20-13-15-21(16-14-20)35-26(37)18-43-33(40)19(2)36-31(38)29-27-22-9-5-6-10-23(22)28(30(29)32(36)39)25-12-8-7-11-24(25)27/h5-16,19,27-30H,3-4,17-18H2,1-2H3,(H,35,37)/t19-,27?,28?,29-,30-/m0/s1. The Morgan fingerprint density at radius 3 is 1.79 bits per heavy atom. The molecular formula is C34H32N2O7. The maximum atomic E-state index is 13.8. The monoisotopic (exact) mass is 580 g/mol. The first-order valence-electron chi connectivity index (χ1n) is 14.6. The van der Waals surface area contributed by atoms with Crippen molar-refractivity contribution < 1.29 is 33.4 Å². The number of likely N-dealkylation sites (tertiary alicyclic amines) is 1. The van der Waals surface area contributed by atoms with Gasteiger partial charge in [-0.1, -0.05) is 61.9 Å². The third-order valence-corrected chi connectivity index (χ3v) is 8.69. The van der Waals surface area contributed by atoms with Crippen LogP contribution in [0.3, 0.4) is 0 Å². The zero-order chi connectivity index (χ0) is 30.2. The first-order valence-corrected chi connectivity index (χ1v) is 14.6. The molecule has 3 aliphatic carbocycles. The fourth-order valence-corrected chi connectivity index (χ4v) is 6.72. The normalized spacial score (nSPS) is 21.9. The number of imide groups is 1. The number of amides is 3. The molecule has 1 heterocycles. The van der Waals surface area contributed by atoms with Crippen LogP contribution in [-0.4, -0.2) is 53.8 Å². The first kappa shape index (κ1) is 28.3. The molecule has 0 aromatic heterocycles. The van der Waals surface area contributed by atoms with Gasteiger partial charge in [0.25, 0.3) is 5.91 Å². The Labute approximate surface area is 249 Å². The molecule has 2 bridgehead atoms. The van der Waals surface area contributed by atoms with Crippen molar-refractivity contribution in [1.82, 2.24) is 4.90 Å². The van der Waals surface area contributed by atoms with Gasteiger partial charge < -0.3 is 14.8 Å². The van der Waals surface area contributed by atoms with Crippen LogP contribution in [-0.2, 0) is 28.7 Å². The van der Waals surface area contributed by atoms with Crippen molar-refractivity contribution in [3.05, 3.63) is 101 Å². The summed E-state index contributed by atoms with van der Waals surface area (Å²) in [4.78, 5) is 66.3.